The second kappa shape index (κ2) is 10.7. The zero-order chi connectivity index (χ0) is 23.3. The minimum atomic E-state index is -0.849. The molecule has 7 nitrogen and oxygen atoms in total. The van der Waals surface area contributed by atoms with Gasteiger partial charge >= 0.3 is 5.63 Å². The highest BCUT2D eigenvalue weighted by molar-refractivity contribution is 7.80. The van der Waals surface area contributed by atoms with Crippen LogP contribution in [0.5, 0.6) is 5.75 Å². The van der Waals surface area contributed by atoms with E-state index in [2.05, 4.69) is 16.2 Å². The van der Waals surface area contributed by atoms with Gasteiger partial charge in [0.1, 0.15) is 11.3 Å². The Morgan fingerprint density at radius 1 is 1.12 bits per heavy atom. The van der Waals surface area contributed by atoms with Crippen molar-refractivity contribution in [3.05, 3.63) is 68.5 Å². The zero-order valence-electron chi connectivity index (χ0n) is 17.3. The number of thiocarbonyl (C=S) groups is 1. The van der Waals surface area contributed by atoms with E-state index < -0.39 is 17.6 Å². The third kappa shape index (κ3) is 6.12. The summed E-state index contributed by atoms with van der Waals surface area (Å²) in [7, 11) is 0. The van der Waals surface area contributed by atoms with Crippen LogP contribution in [0.3, 0.4) is 0 Å². The van der Waals surface area contributed by atoms with Crippen LogP contribution in [0.25, 0.3) is 11.0 Å². The van der Waals surface area contributed by atoms with E-state index in [0.29, 0.717) is 27.1 Å². The van der Waals surface area contributed by atoms with Crippen LogP contribution in [0.4, 0.5) is 5.69 Å². The SMILES string of the molecule is CCCc1cc(=O)oc2cc(O[C@H](C)C(=O)NNC(=S)Nc3ccc(Cl)c(Cl)c3)ccc12. The second-order valence-electron chi connectivity index (χ2n) is 6.96. The predicted molar refractivity (Wildman–Crippen MR) is 131 cm³/mol. The highest BCUT2D eigenvalue weighted by Gasteiger charge is 2.16. The first-order chi connectivity index (χ1) is 15.3. The van der Waals surface area contributed by atoms with E-state index in [1.165, 1.54) is 6.07 Å². The first-order valence-corrected chi connectivity index (χ1v) is 11.0. The fourth-order valence-electron chi connectivity index (χ4n) is 2.97. The fourth-order valence-corrected chi connectivity index (χ4v) is 3.44. The molecule has 0 bridgehead atoms. The molecular weight excluding hydrogens is 473 g/mol. The van der Waals surface area contributed by atoms with Gasteiger partial charge in [0, 0.05) is 23.2 Å². The lowest BCUT2D eigenvalue weighted by Gasteiger charge is -2.17. The van der Waals surface area contributed by atoms with Crippen LogP contribution < -0.4 is 26.5 Å². The maximum atomic E-state index is 12.4. The van der Waals surface area contributed by atoms with Gasteiger partial charge in [-0.3, -0.25) is 15.6 Å². The molecule has 0 spiro atoms. The molecule has 3 N–H and O–H groups in total. The zero-order valence-corrected chi connectivity index (χ0v) is 19.7. The summed E-state index contributed by atoms with van der Waals surface area (Å²) in [5.41, 5.74) is 6.59. The van der Waals surface area contributed by atoms with Crippen LogP contribution in [-0.2, 0) is 11.2 Å². The van der Waals surface area contributed by atoms with Crippen molar-refractivity contribution in [2.45, 2.75) is 32.8 Å². The summed E-state index contributed by atoms with van der Waals surface area (Å²) in [6, 6.07) is 11.6. The quantitative estimate of drug-likeness (QED) is 0.257. The lowest BCUT2D eigenvalue weighted by Crippen LogP contribution is -2.48. The Bertz CT molecular complexity index is 1220. The van der Waals surface area contributed by atoms with Crippen LogP contribution in [0.2, 0.25) is 10.0 Å². The second-order valence-corrected chi connectivity index (χ2v) is 8.18. The van der Waals surface area contributed by atoms with Crippen molar-refractivity contribution >= 4 is 63.1 Å². The van der Waals surface area contributed by atoms with E-state index in [1.807, 2.05) is 13.0 Å². The smallest absolute Gasteiger partial charge is 0.336 e. The number of rotatable bonds is 6. The Balaban J connectivity index is 1.59. The molecule has 3 rings (SSSR count). The highest BCUT2D eigenvalue weighted by atomic mass is 35.5. The molecule has 0 unspecified atom stereocenters. The molecule has 1 amide bonds. The molecule has 3 aromatic rings. The number of ether oxygens (including phenoxy) is 1. The largest absolute Gasteiger partial charge is 0.481 e. The number of hydrazine groups is 1. The van der Waals surface area contributed by atoms with Gasteiger partial charge in [-0.1, -0.05) is 36.5 Å². The topological polar surface area (TPSA) is 92.6 Å². The van der Waals surface area contributed by atoms with Crippen LogP contribution in [0, 0.1) is 0 Å². The van der Waals surface area contributed by atoms with Crippen molar-refractivity contribution < 1.29 is 13.9 Å². The molecule has 0 radical (unpaired) electrons. The molecular formula is C22H21Cl2N3O4S. The number of hydrogen-bond acceptors (Lipinski definition) is 5. The van der Waals surface area contributed by atoms with Crippen LogP contribution in [0.15, 0.2) is 51.7 Å². The molecule has 1 heterocycles. The average molecular weight is 494 g/mol. The molecule has 1 atom stereocenters. The van der Waals surface area contributed by atoms with Crippen LogP contribution >= 0.6 is 35.4 Å². The number of hydrogen-bond donors (Lipinski definition) is 3. The molecule has 168 valence electrons. The molecule has 2 aromatic carbocycles. The van der Waals surface area contributed by atoms with E-state index in [9.17, 15) is 9.59 Å². The number of amides is 1. The number of carbonyl (C=O) groups excluding carboxylic acids is 1. The summed E-state index contributed by atoms with van der Waals surface area (Å²) in [5.74, 6) is -0.0574. The standard InChI is InChI=1S/C22H21Cl2N3O4S/c1-3-4-13-9-20(28)31-19-11-15(6-7-16(13)19)30-12(2)21(29)26-27-22(32)25-14-5-8-17(23)18(24)10-14/h5-12H,3-4H2,1-2H3,(H,26,29)(H2,25,27,32)/t12-/m1/s1. The first kappa shape index (κ1) is 23.8. The Kier molecular flexibility index (Phi) is 7.95. The van der Waals surface area contributed by atoms with Crippen molar-refractivity contribution in [2.24, 2.45) is 0 Å². The Morgan fingerprint density at radius 3 is 2.62 bits per heavy atom. The number of nitrogens with one attached hydrogen (secondary N) is 3. The lowest BCUT2D eigenvalue weighted by molar-refractivity contribution is -0.127. The minimum absolute atomic E-state index is 0.153. The molecule has 0 fully saturated rings. The van der Waals surface area contributed by atoms with Crippen LogP contribution in [0.1, 0.15) is 25.8 Å². The van der Waals surface area contributed by atoms with Crippen molar-refractivity contribution in [1.82, 2.24) is 10.9 Å². The molecule has 0 aliphatic carbocycles. The molecule has 1 aromatic heterocycles. The van der Waals surface area contributed by atoms with E-state index in [1.54, 1.807) is 37.3 Å². The first-order valence-electron chi connectivity index (χ1n) is 9.82. The molecule has 32 heavy (non-hydrogen) atoms. The summed E-state index contributed by atoms with van der Waals surface area (Å²) in [6.07, 6.45) is 0.824. The van der Waals surface area contributed by atoms with Gasteiger partial charge in [0.15, 0.2) is 11.2 Å². The third-order valence-corrected chi connectivity index (χ3v) is 5.42. The predicted octanol–water partition coefficient (Wildman–Crippen LogP) is 4.84. The van der Waals surface area contributed by atoms with Crippen molar-refractivity contribution in [2.75, 3.05) is 5.32 Å². The minimum Gasteiger partial charge on any atom is -0.481 e. The van der Waals surface area contributed by atoms with E-state index in [-0.39, 0.29) is 5.11 Å². The summed E-state index contributed by atoms with van der Waals surface area (Å²) >= 11 is 17.0. The van der Waals surface area contributed by atoms with Gasteiger partial charge in [0.2, 0.25) is 0 Å². The van der Waals surface area contributed by atoms with E-state index in [0.717, 1.165) is 23.8 Å². The fraction of sp³-hybridized carbons (Fsp3) is 0.227. The van der Waals surface area contributed by atoms with Gasteiger partial charge in [-0.25, -0.2) is 4.79 Å². The molecule has 0 aliphatic heterocycles. The van der Waals surface area contributed by atoms with Crippen molar-refractivity contribution in [3.63, 3.8) is 0 Å². The number of halogens is 2. The van der Waals surface area contributed by atoms with Gasteiger partial charge in [-0.2, -0.15) is 0 Å². The average Bonchev–Trinajstić information content (AvgIpc) is 2.74. The maximum Gasteiger partial charge on any atom is 0.336 e. The van der Waals surface area contributed by atoms with E-state index >= 15 is 0 Å². The number of anilines is 1. The Morgan fingerprint density at radius 2 is 1.91 bits per heavy atom. The molecule has 0 saturated heterocycles. The van der Waals surface area contributed by atoms with Gasteiger partial charge in [-0.05, 0) is 61.5 Å². The maximum absolute atomic E-state index is 12.4. The summed E-state index contributed by atoms with van der Waals surface area (Å²) in [5, 5.41) is 4.67. The van der Waals surface area contributed by atoms with Gasteiger partial charge in [0.25, 0.3) is 5.91 Å². The Labute approximate surface area is 200 Å². The van der Waals surface area contributed by atoms with E-state index in [4.69, 9.17) is 44.6 Å². The van der Waals surface area contributed by atoms with Gasteiger partial charge in [0.05, 0.1) is 10.0 Å². The monoisotopic (exact) mass is 493 g/mol. The number of carbonyl (C=O) groups is 1. The molecule has 10 heteroatoms. The number of fused-ring (bicyclic) bond motifs is 1. The van der Waals surface area contributed by atoms with Crippen molar-refractivity contribution in [1.29, 1.82) is 0 Å². The normalized spacial score (nSPS) is 11.6. The van der Waals surface area contributed by atoms with Crippen LogP contribution in [-0.4, -0.2) is 17.1 Å². The van der Waals surface area contributed by atoms with Gasteiger partial charge in [-0.15, -0.1) is 0 Å². The number of aryl methyl sites for hydroxylation is 1. The van der Waals surface area contributed by atoms with Crippen molar-refractivity contribution in [3.8, 4) is 5.75 Å². The molecule has 0 aliphatic rings. The Hall–Kier alpha value is -2.81. The third-order valence-electron chi connectivity index (χ3n) is 4.48. The lowest BCUT2D eigenvalue weighted by atomic mass is 10.1. The highest BCUT2D eigenvalue weighted by Crippen LogP contribution is 2.25. The number of benzene rings is 2. The summed E-state index contributed by atoms with van der Waals surface area (Å²) in [6.45, 7) is 3.62. The summed E-state index contributed by atoms with van der Waals surface area (Å²) in [4.78, 5) is 24.2. The van der Waals surface area contributed by atoms with Gasteiger partial charge < -0.3 is 14.5 Å². The molecule has 0 saturated carbocycles. The summed E-state index contributed by atoms with van der Waals surface area (Å²) < 4.78 is 11.0.